The first-order valence-corrected chi connectivity index (χ1v) is 7.88. The second-order valence-corrected chi connectivity index (χ2v) is 5.86. The van der Waals surface area contributed by atoms with E-state index in [2.05, 4.69) is 11.1 Å². The highest BCUT2D eigenvalue weighted by Crippen LogP contribution is 2.31. The lowest BCUT2D eigenvalue weighted by Gasteiger charge is -2.13. The number of hydrogen-bond acceptors (Lipinski definition) is 2. The number of aryl methyl sites for hydroxylation is 1. The third-order valence-corrected chi connectivity index (χ3v) is 4.46. The Morgan fingerprint density at radius 1 is 0.875 bits per heavy atom. The Morgan fingerprint density at radius 2 is 1.62 bits per heavy atom. The summed E-state index contributed by atoms with van der Waals surface area (Å²) in [5.74, 6) is 0.700. The highest BCUT2D eigenvalue weighted by atomic mass is 16.5. The zero-order valence-corrected chi connectivity index (χ0v) is 13.6. The van der Waals surface area contributed by atoms with Crippen LogP contribution in [-0.2, 0) is 0 Å². The van der Waals surface area contributed by atoms with E-state index >= 15 is 0 Å². The van der Waals surface area contributed by atoms with Crippen molar-refractivity contribution in [2.24, 2.45) is 0 Å². The van der Waals surface area contributed by atoms with Crippen LogP contribution in [0.3, 0.4) is 0 Å². The van der Waals surface area contributed by atoms with Gasteiger partial charge in [-0.25, -0.2) is 0 Å². The van der Waals surface area contributed by atoms with Crippen LogP contribution >= 0.6 is 0 Å². The Balaban J connectivity index is 2.13. The summed E-state index contributed by atoms with van der Waals surface area (Å²) in [5, 5.41) is 2.87. The molecular formula is C21H17NO2. The van der Waals surface area contributed by atoms with E-state index in [1.807, 2.05) is 61.5 Å². The maximum atomic E-state index is 13.2. The Kier molecular flexibility index (Phi) is 3.35. The largest absolute Gasteiger partial charge is 0.496 e. The maximum Gasteiger partial charge on any atom is 0.197 e. The van der Waals surface area contributed by atoms with Gasteiger partial charge < -0.3 is 9.72 Å². The molecule has 0 radical (unpaired) electrons. The van der Waals surface area contributed by atoms with Crippen LogP contribution in [0.25, 0.3) is 32.8 Å². The Bertz CT molecular complexity index is 1130. The molecule has 24 heavy (non-hydrogen) atoms. The number of H-pyrrole nitrogens is 1. The van der Waals surface area contributed by atoms with Crippen LogP contribution in [0.2, 0.25) is 0 Å². The SMILES string of the molecule is COc1ccccc1-c1c(C)[nH]c2c(ccc3ccccc32)c1=O. The number of para-hydroxylation sites is 1. The highest BCUT2D eigenvalue weighted by molar-refractivity contribution is 6.06. The molecule has 1 heterocycles. The predicted octanol–water partition coefficient (Wildman–Crippen LogP) is 4.67. The number of pyridine rings is 1. The second kappa shape index (κ2) is 5.53. The molecule has 0 aliphatic rings. The Labute approximate surface area is 139 Å². The van der Waals surface area contributed by atoms with Crippen LogP contribution < -0.4 is 10.2 Å². The monoisotopic (exact) mass is 315 g/mol. The quantitative estimate of drug-likeness (QED) is 0.546. The van der Waals surface area contributed by atoms with Crippen LogP contribution in [0.5, 0.6) is 5.75 Å². The van der Waals surface area contributed by atoms with Crippen molar-refractivity contribution < 1.29 is 4.74 Å². The average Bonchev–Trinajstić information content (AvgIpc) is 2.62. The summed E-state index contributed by atoms with van der Waals surface area (Å²) in [6, 6.07) is 19.6. The second-order valence-electron chi connectivity index (χ2n) is 5.86. The molecule has 1 aromatic heterocycles. The minimum atomic E-state index is 0.0245. The topological polar surface area (TPSA) is 42.1 Å². The number of aromatic nitrogens is 1. The van der Waals surface area contributed by atoms with Crippen LogP contribution in [-0.4, -0.2) is 12.1 Å². The smallest absolute Gasteiger partial charge is 0.197 e. The summed E-state index contributed by atoms with van der Waals surface area (Å²) < 4.78 is 5.44. The molecular weight excluding hydrogens is 298 g/mol. The van der Waals surface area contributed by atoms with Crippen molar-refractivity contribution >= 4 is 21.7 Å². The van der Waals surface area contributed by atoms with Gasteiger partial charge in [0, 0.05) is 22.0 Å². The first-order valence-electron chi connectivity index (χ1n) is 7.88. The third-order valence-electron chi connectivity index (χ3n) is 4.46. The maximum absolute atomic E-state index is 13.2. The number of ether oxygens (including phenoxy) is 1. The molecule has 3 aromatic carbocycles. The molecule has 0 aliphatic heterocycles. The molecule has 0 atom stereocenters. The average molecular weight is 315 g/mol. The molecule has 0 bridgehead atoms. The van der Waals surface area contributed by atoms with Crippen molar-refractivity contribution in [3.05, 3.63) is 76.6 Å². The predicted molar refractivity (Wildman–Crippen MR) is 98.8 cm³/mol. The molecule has 0 spiro atoms. The lowest BCUT2D eigenvalue weighted by molar-refractivity contribution is 0.416. The summed E-state index contributed by atoms with van der Waals surface area (Å²) in [6.07, 6.45) is 0. The summed E-state index contributed by atoms with van der Waals surface area (Å²) in [5.41, 5.74) is 3.23. The van der Waals surface area contributed by atoms with Crippen molar-refractivity contribution in [1.82, 2.24) is 4.98 Å². The molecule has 0 amide bonds. The molecule has 0 fully saturated rings. The van der Waals surface area contributed by atoms with E-state index in [1.54, 1.807) is 7.11 Å². The van der Waals surface area contributed by atoms with Crippen LogP contribution in [0, 0.1) is 6.92 Å². The van der Waals surface area contributed by atoms with Gasteiger partial charge in [0.1, 0.15) is 5.75 Å². The van der Waals surface area contributed by atoms with Gasteiger partial charge in [-0.15, -0.1) is 0 Å². The molecule has 3 heteroatoms. The Hall–Kier alpha value is -3.07. The molecule has 4 rings (SSSR count). The van der Waals surface area contributed by atoms with E-state index in [-0.39, 0.29) is 5.43 Å². The van der Waals surface area contributed by atoms with Gasteiger partial charge in [-0.05, 0) is 24.4 Å². The van der Waals surface area contributed by atoms with Gasteiger partial charge in [0.25, 0.3) is 0 Å². The van der Waals surface area contributed by atoms with Gasteiger partial charge >= 0.3 is 0 Å². The third kappa shape index (κ3) is 2.09. The first kappa shape index (κ1) is 14.5. The van der Waals surface area contributed by atoms with Crippen molar-refractivity contribution in [3.8, 4) is 16.9 Å². The standard InChI is InChI=1S/C21H17NO2/c1-13-19(16-9-5-6-10-18(16)24-2)21(23)17-12-11-14-7-3-4-8-15(14)20(17)22-13/h3-12H,1-2H3,(H,22,23). The molecule has 0 saturated heterocycles. The summed E-state index contributed by atoms with van der Waals surface area (Å²) in [7, 11) is 1.62. The van der Waals surface area contributed by atoms with E-state index in [0.717, 1.165) is 27.5 Å². The van der Waals surface area contributed by atoms with E-state index in [4.69, 9.17) is 4.74 Å². The fraction of sp³-hybridized carbons (Fsp3) is 0.0952. The molecule has 0 unspecified atom stereocenters. The molecule has 4 aromatic rings. The van der Waals surface area contributed by atoms with Gasteiger partial charge in [0.15, 0.2) is 5.43 Å². The molecule has 3 nitrogen and oxygen atoms in total. The summed E-state index contributed by atoms with van der Waals surface area (Å²) in [4.78, 5) is 16.6. The zero-order valence-electron chi connectivity index (χ0n) is 13.6. The van der Waals surface area contributed by atoms with Crippen molar-refractivity contribution in [2.45, 2.75) is 6.92 Å². The Morgan fingerprint density at radius 3 is 2.46 bits per heavy atom. The highest BCUT2D eigenvalue weighted by Gasteiger charge is 2.15. The molecule has 1 N–H and O–H groups in total. The van der Waals surface area contributed by atoms with Crippen molar-refractivity contribution in [2.75, 3.05) is 7.11 Å². The molecule has 0 aliphatic carbocycles. The minimum absolute atomic E-state index is 0.0245. The first-order chi connectivity index (χ1) is 11.7. The number of methoxy groups -OCH3 is 1. The lowest BCUT2D eigenvalue weighted by Crippen LogP contribution is -2.10. The number of benzene rings is 3. The van der Waals surface area contributed by atoms with Crippen LogP contribution in [0.15, 0.2) is 65.5 Å². The van der Waals surface area contributed by atoms with Crippen LogP contribution in [0.1, 0.15) is 5.69 Å². The van der Waals surface area contributed by atoms with Gasteiger partial charge in [0.05, 0.1) is 18.2 Å². The lowest BCUT2D eigenvalue weighted by atomic mass is 9.98. The van der Waals surface area contributed by atoms with Gasteiger partial charge in [-0.2, -0.15) is 0 Å². The van der Waals surface area contributed by atoms with Crippen LogP contribution in [0.4, 0.5) is 0 Å². The number of nitrogens with one attached hydrogen (secondary N) is 1. The molecule has 118 valence electrons. The van der Waals surface area contributed by atoms with E-state index in [1.165, 1.54) is 0 Å². The van der Waals surface area contributed by atoms with Crippen molar-refractivity contribution in [3.63, 3.8) is 0 Å². The summed E-state index contributed by atoms with van der Waals surface area (Å²) in [6.45, 7) is 1.93. The fourth-order valence-electron chi connectivity index (χ4n) is 3.33. The molecule has 0 saturated carbocycles. The number of rotatable bonds is 2. The normalized spacial score (nSPS) is 11.1. The number of aromatic amines is 1. The number of fused-ring (bicyclic) bond motifs is 3. The van der Waals surface area contributed by atoms with Gasteiger partial charge in [0.2, 0.25) is 0 Å². The number of hydrogen-bond donors (Lipinski definition) is 1. The van der Waals surface area contributed by atoms with Crippen molar-refractivity contribution in [1.29, 1.82) is 0 Å². The van der Waals surface area contributed by atoms with E-state index < -0.39 is 0 Å². The van der Waals surface area contributed by atoms with Gasteiger partial charge in [-0.3, -0.25) is 4.79 Å². The zero-order chi connectivity index (χ0) is 16.7. The van der Waals surface area contributed by atoms with E-state index in [0.29, 0.717) is 16.7 Å². The van der Waals surface area contributed by atoms with E-state index in [9.17, 15) is 4.79 Å². The van der Waals surface area contributed by atoms with Gasteiger partial charge in [-0.1, -0.05) is 48.5 Å². The fourth-order valence-corrected chi connectivity index (χ4v) is 3.33. The summed E-state index contributed by atoms with van der Waals surface area (Å²) >= 11 is 0. The minimum Gasteiger partial charge on any atom is -0.496 e.